The molecule has 2 N–H and O–H groups in total. The summed E-state index contributed by atoms with van der Waals surface area (Å²) in [7, 11) is 0. The first-order chi connectivity index (χ1) is 11.3. The van der Waals surface area contributed by atoms with Gasteiger partial charge in [-0.3, -0.25) is 0 Å². The summed E-state index contributed by atoms with van der Waals surface area (Å²) >= 11 is 1.45. The third kappa shape index (κ3) is 2.88. The summed E-state index contributed by atoms with van der Waals surface area (Å²) in [6, 6.07) is 6.89. The second kappa shape index (κ2) is 5.94. The molecule has 0 aliphatic carbocycles. The average molecular weight is 330 g/mol. The number of phenolic OH excluding ortho intramolecular Hbond substituents is 1. The molecule has 0 unspecified atom stereocenters. The molecule has 0 radical (unpaired) electrons. The molecule has 8 nitrogen and oxygen atoms in total. The summed E-state index contributed by atoms with van der Waals surface area (Å²) in [5, 5.41) is 30.7. The Bertz CT molecular complexity index is 813. The average Bonchev–Trinajstić information content (AvgIpc) is 3.20. The van der Waals surface area contributed by atoms with Crippen molar-refractivity contribution in [1.82, 2.24) is 25.0 Å². The number of benzene rings is 1. The summed E-state index contributed by atoms with van der Waals surface area (Å²) in [6.45, 7) is 2.50. The fraction of sp³-hybridized carbons (Fsp3) is 0.286. The van der Waals surface area contributed by atoms with Crippen molar-refractivity contribution in [2.75, 3.05) is 11.9 Å². The Morgan fingerprint density at radius 3 is 2.91 bits per heavy atom. The van der Waals surface area contributed by atoms with Gasteiger partial charge in [0.1, 0.15) is 17.4 Å². The molecule has 1 aromatic carbocycles. The van der Waals surface area contributed by atoms with Crippen LogP contribution in [0.2, 0.25) is 0 Å². The zero-order valence-corrected chi connectivity index (χ0v) is 13.0. The van der Waals surface area contributed by atoms with Crippen LogP contribution in [0.15, 0.2) is 24.3 Å². The van der Waals surface area contributed by atoms with Crippen molar-refractivity contribution in [2.45, 2.75) is 19.7 Å². The molecule has 0 fully saturated rings. The van der Waals surface area contributed by atoms with Gasteiger partial charge in [0, 0.05) is 12.1 Å². The monoisotopic (exact) mass is 330 g/mol. The Balaban J connectivity index is 1.46. The zero-order valence-electron chi connectivity index (χ0n) is 12.1. The standard InChI is InChI=1S/C14H14N6O2S/c21-10-3-1-9(2-4-10)13-18-19-14(23-13)15-7-11-16-17-12-8-22-6-5-20(11)12/h1-4,21H,5-8H2,(H,15,19). The predicted octanol–water partition coefficient (Wildman–Crippen LogP) is 1.64. The number of anilines is 1. The lowest BCUT2D eigenvalue weighted by Crippen LogP contribution is -2.19. The summed E-state index contributed by atoms with van der Waals surface area (Å²) in [6.07, 6.45) is 0. The van der Waals surface area contributed by atoms with Gasteiger partial charge in [0.05, 0.1) is 13.2 Å². The molecule has 0 saturated heterocycles. The topological polar surface area (TPSA) is 98.0 Å². The molecule has 0 bridgehead atoms. The summed E-state index contributed by atoms with van der Waals surface area (Å²) in [5.41, 5.74) is 0.922. The minimum Gasteiger partial charge on any atom is -0.508 e. The molecular weight excluding hydrogens is 316 g/mol. The van der Waals surface area contributed by atoms with E-state index in [2.05, 4.69) is 30.3 Å². The maximum atomic E-state index is 9.33. The van der Waals surface area contributed by atoms with Crippen LogP contribution in [-0.2, 0) is 24.4 Å². The van der Waals surface area contributed by atoms with Crippen LogP contribution < -0.4 is 5.32 Å². The molecule has 1 aliphatic heterocycles. The highest BCUT2D eigenvalue weighted by atomic mass is 32.1. The Morgan fingerprint density at radius 1 is 1.17 bits per heavy atom. The quantitative estimate of drug-likeness (QED) is 0.750. The van der Waals surface area contributed by atoms with Gasteiger partial charge in [-0.15, -0.1) is 20.4 Å². The van der Waals surface area contributed by atoms with Gasteiger partial charge in [0.15, 0.2) is 11.6 Å². The van der Waals surface area contributed by atoms with E-state index in [0.717, 1.165) is 33.9 Å². The molecule has 118 valence electrons. The SMILES string of the molecule is Oc1ccc(-c2nnc(NCc3nnc4n3CCOC4)s2)cc1. The van der Waals surface area contributed by atoms with E-state index in [1.165, 1.54) is 11.3 Å². The number of aromatic nitrogens is 5. The van der Waals surface area contributed by atoms with Crippen molar-refractivity contribution in [3.8, 4) is 16.3 Å². The van der Waals surface area contributed by atoms with Crippen molar-refractivity contribution in [2.24, 2.45) is 0 Å². The van der Waals surface area contributed by atoms with E-state index in [0.29, 0.717) is 19.8 Å². The van der Waals surface area contributed by atoms with Crippen LogP contribution in [0.1, 0.15) is 11.6 Å². The number of nitrogens with zero attached hydrogens (tertiary/aromatic N) is 5. The molecule has 0 atom stereocenters. The third-order valence-electron chi connectivity index (χ3n) is 3.53. The molecule has 0 saturated carbocycles. The molecule has 23 heavy (non-hydrogen) atoms. The number of ether oxygens (including phenoxy) is 1. The van der Waals surface area contributed by atoms with Crippen molar-refractivity contribution >= 4 is 16.5 Å². The minimum atomic E-state index is 0.233. The van der Waals surface area contributed by atoms with Crippen LogP contribution in [-0.4, -0.2) is 36.7 Å². The van der Waals surface area contributed by atoms with Gasteiger partial charge in [-0.05, 0) is 24.3 Å². The first kappa shape index (κ1) is 14.1. The van der Waals surface area contributed by atoms with Gasteiger partial charge in [-0.1, -0.05) is 11.3 Å². The highest BCUT2D eigenvalue weighted by molar-refractivity contribution is 7.18. The third-order valence-corrected chi connectivity index (χ3v) is 4.46. The second-order valence-electron chi connectivity index (χ2n) is 5.05. The smallest absolute Gasteiger partial charge is 0.206 e. The summed E-state index contributed by atoms with van der Waals surface area (Å²) in [5.74, 6) is 1.96. The number of hydrogen-bond donors (Lipinski definition) is 2. The van der Waals surface area contributed by atoms with Crippen LogP contribution >= 0.6 is 11.3 Å². The van der Waals surface area contributed by atoms with E-state index in [1.54, 1.807) is 12.1 Å². The lowest BCUT2D eigenvalue weighted by molar-refractivity contribution is 0.0807. The number of rotatable bonds is 4. The van der Waals surface area contributed by atoms with Crippen LogP contribution in [0.3, 0.4) is 0 Å². The van der Waals surface area contributed by atoms with E-state index < -0.39 is 0 Å². The molecule has 0 amide bonds. The van der Waals surface area contributed by atoms with E-state index in [4.69, 9.17) is 4.74 Å². The van der Waals surface area contributed by atoms with Crippen molar-refractivity contribution < 1.29 is 9.84 Å². The van der Waals surface area contributed by atoms with Gasteiger partial charge in [-0.25, -0.2) is 0 Å². The fourth-order valence-corrected chi connectivity index (χ4v) is 3.10. The fourth-order valence-electron chi connectivity index (χ4n) is 2.36. The molecule has 9 heteroatoms. The maximum Gasteiger partial charge on any atom is 0.206 e. The number of phenols is 1. The molecular formula is C14H14N6O2S. The molecule has 2 aromatic heterocycles. The molecule has 3 heterocycles. The summed E-state index contributed by atoms with van der Waals surface area (Å²) < 4.78 is 7.42. The predicted molar refractivity (Wildman–Crippen MR) is 84.0 cm³/mol. The lowest BCUT2D eigenvalue weighted by atomic mass is 10.2. The van der Waals surface area contributed by atoms with Crippen molar-refractivity contribution in [3.63, 3.8) is 0 Å². The first-order valence-corrected chi connectivity index (χ1v) is 7.97. The Kier molecular flexibility index (Phi) is 3.64. The second-order valence-corrected chi connectivity index (χ2v) is 6.03. The maximum absolute atomic E-state index is 9.33. The normalized spacial score (nSPS) is 13.7. The molecule has 4 rings (SSSR count). The van der Waals surface area contributed by atoms with Crippen LogP contribution in [0.25, 0.3) is 10.6 Å². The molecule has 1 aliphatic rings. The van der Waals surface area contributed by atoms with Gasteiger partial charge < -0.3 is 19.7 Å². The zero-order chi connectivity index (χ0) is 15.6. The minimum absolute atomic E-state index is 0.233. The molecule has 0 spiro atoms. The van der Waals surface area contributed by atoms with E-state index in [1.807, 2.05) is 12.1 Å². The van der Waals surface area contributed by atoms with E-state index in [-0.39, 0.29) is 5.75 Å². The van der Waals surface area contributed by atoms with Gasteiger partial charge in [-0.2, -0.15) is 0 Å². The summed E-state index contributed by atoms with van der Waals surface area (Å²) in [4.78, 5) is 0. The van der Waals surface area contributed by atoms with E-state index >= 15 is 0 Å². The highest BCUT2D eigenvalue weighted by Crippen LogP contribution is 2.27. The Morgan fingerprint density at radius 2 is 2.04 bits per heavy atom. The van der Waals surface area contributed by atoms with Crippen molar-refractivity contribution in [3.05, 3.63) is 35.9 Å². The van der Waals surface area contributed by atoms with Gasteiger partial charge >= 0.3 is 0 Å². The lowest BCUT2D eigenvalue weighted by Gasteiger charge is -2.15. The van der Waals surface area contributed by atoms with Crippen LogP contribution in [0.5, 0.6) is 5.75 Å². The number of aromatic hydroxyl groups is 1. The molecule has 3 aromatic rings. The van der Waals surface area contributed by atoms with Crippen LogP contribution in [0.4, 0.5) is 5.13 Å². The number of hydrogen-bond acceptors (Lipinski definition) is 8. The van der Waals surface area contributed by atoms with Crippen molar-refractivity contribution in [1.29, 1.82) is 0 Å². The Hall–Kier alpha value is -2.52. The van der Waals surface area contributed by atoms with Gasteiger partial charge in [0.2, 0.25) is 5.13 Å². The highest BCUT2D eigenvalue weighted by Gasteiger charge is 2.16. The number of fused-ring (bicyclic) bond motifs is 1. The van der Waals surface area contributed by atoms with E-state index in [9.17, 15) is 5.11 Å². The van der Waals surface area contributed by atoms with Gasteiger partial charge in [0.25, 0.3) is 0 Å². The largest absolute Gasteiger partial charge is 0.508 e. The Labute approximate surface area is 135 Å². The van der Waals surface area contributed by atoms with Crippen LogP contribution in [0, 0.1) is 0 Å². The number of nitrogens with one attached hydrogen (secondary N) is 1. The first-order valence-electron chi connectivity index (χ1n) is 7.15.